The number of hydrogen-bond donors (Lipinski definition) is 0. The Morgan fingerprint density at radius 3 is 2.05 bits per heavy atom. The van der Waals surface area contributed by atoms with Gasteiger partial charge in [0, 0.05) is 65.3 Å². The van der Waals surface area contributed by atoms with E-state index in [-0.39, 0.29) is 5.92 Å². The van der Waals surface area contributed by atoms with Crippen molar-refractivity contribution in [2.24, 2.45) is 0 Å². The first kappa shape index (κ1) is 35.0. The Labute approximate surface area is 347 Å². The van der Waals surface area contributed by atoms with E-state index in [9.17, 15) is 0 Å². The van der Waals surface area contributed by atoms with Crippen molar-refractivity contribution in [2.75, 3.05) is 4.90 Å². The number of hydrogen-bond acceptors (Lipinski definition) is 3. The Kier molecular flexibility index (Phi) is 8.68. The van der Waals surface area contributed by atoms with Gasteiger partial charge in [-0.25, -0.2) is 0 Å². The fourth-order valence-corrected chi connectivity index (χ4v) is 10.1. The summed E-state index contributed by atoms with van der Waals surface area (Å²) in [6.07, 6.45) is 7.44. The minimum atomic E-state index is 0.128. The number of fused-ring (bicyclic) bond motifs is 9. The summed E-state index contributed by atoms with van der Waals surface area (Å²) in [6, 6.07) is 67.9. The molecule has 11 aromatic rings. The second-order valence-electron chi connectivity index (χ2n) is 15.2. The molecule has 0 radical (unpaired) electrons. The zero-order valence-corrected chi connectivity index (χ0v) is 33.2. The van der Waals surface area contributed by atoms with Crippen molar-refractivity contribution in [2.45, 2.75) is 12.3 Å². The molecule has 0 saturated heterocycles. The first-order valence-corrected chi connectivity index (χ1v) is 21.0. The highest BCUT2D eigenvalue weighted by atomic mass is 32.1. The van der Waals surface area contributed by atoms with Crippen molar-refractivity contribution in [3.05, 3.63) is 219 Å². The summed E-state index contributed by atoms with van der Waals surface area (Å²) in [6.45, 7) is 4.17. The average Bonchev–Trinajstić information content (AvgIpc) is 3.88. The Morgan fingerprint density at radius 2 is 1.19 bits per heavy atom. The molecule has 1 atom stereocenters. The minimum Gasteiger partial charge on any atom is -0.455 e. The van der Waals surface area contributed by atoms with Crippen molar-refractivity contribution in [1.82, 2.24) is 0 Å². The fourth-order valence-electron chi connectivity index (χ4n) is 8.87. The van der Waals surface area contributed by atoms with E-state index in [1.807, 2.05) is 17.4 Å². The van der Waals surface area contributed by atoms with Gasteiger partial charge in [0.2, 0.25) is 0 Å². The molecule has 280 valence electrons. The standard InChI is InChI=1S/C56H39NOS/c1-2-13-37(42-27-26-38-14-3-4-16-41(38)36-42)34-35-57(43-31-28-40(29-32-43)45-20-11-23-51-47-19-8-10-25-53(47)59-56(45)51)52-24-9-7-18-46(52)48-21-12-22-49-50-33-30-39-15-5-6-17-44(39)54(50)58-55(48)49/h2-12,14-37H,1,13H2/b35-34+. The molecule has 1 unspecified atom stereocenters. The second kappa shape index (κ2) is 14.6. The maximum atomic E-state index is 6.89. The van der Waals surface area contributed by atoms with Gasteiger partial charge in [-0.05, 0) is 69.6 Å². The van der Waals surface area contributed by atoms with Gasteiger partial charge in [0.05, 0.1) is 5.69 Å². The molecule has 0 saturated carbocycles. The molecule has 0 bridgehead atoms. The number of nitrogens with zero attached hydrogens (tertiary/aromatic N) is 1. The highest BCUT2D eigenvalue weighted by Crippen LogP contribution is 2.44. The van der Waals surface area contributed by atoms with Gasteiger partial charge in [0.25, 0.3) is 0 Å². The fraction of sp³-hybridized carbons (Fsp3) is 0.0357. The van der Waals surface area contributed by atoms with E-state index in [1.54, 1.807) is 0 Å². The van der Waals surface area contributed by atoms with Crippen LogP contribution in [0.4, 0.5) is 11.4 Å². The van der Waals surface area contributed by atoms with E-state index in [2.05, 4.69) is 212 Å². The van der Waals surface area contributed by atoms with E-state index in [0.29, 0.717) is 0 Å². The van der Waals surface area contributed by atoms with Gasteiger partial charge in [-0.3, -0.25) is 0 Å². The number of para-hydroxylation sites is 2. The van der Waals surface area contributed by atoms with Crippen molar-refractivity contribution < 1.29 is 4.42 Å². The highest BCUT2D eigenvalue weighted by molar-refractivity contribution is 7.26. The molecule has 0 fully saturated rings. The third-order valence-corrected chi connectivity index (χ3v) is 13.0. The van der Waals surface area contributed by atoms with E-state index < -0.39 is 0 Å². The van der Waals surface area contributed by atoms with Crippen LogP contribution < -0.4 is 4.90 Å². The predicted molar refractivity (Wildman–Crippen MR) is 254 cm³/mol. The predicted octanol–water partition coefficient (Wildman–Crippen LogP) is 16.6. The van der Waals surface area contributed by atoms with Gasteiger partial charge < -0.3 is 9.32 Å². The van der Waals surface area contributed by atoms with Crippen LogP contribution in [0.5, 0.6) is 0 Å². The molecule has 9 aromatic carbocycles. The molecule has 0 aliphatic rings. The number of rotatable bonds is 9. The van der Waals surface area contributed by atoms with Gasteiger partial charge in [0.1, 0.15) is 11.2 Å². The zero-order chi connectivity index (χ0) is 39.3. The zero-order valence-electron chi connectivity index (χ0n) is 32.4. The Balaban J connectivity index is 1.07. The van der Waals surface area contributed by atoms with E-state index in [0.717, 1.165) is 56.2 Å². The lowest BCUT2D eigenvalue weighted by Gasteiger charge is -2.25. The lowest BCUT2D eigenvalue weighted by Crippen LogP contribution is -2.11. The Morgan fingerprint density at radius 1 is 0.525 bits per heavy atom. The van der Waals surface area contributed by atoms with Gasteiger partial charge in [0.15, 0.2) is 0 Å². The molecule has 2 aromatic heterocycles. The van der Waals surface area contributed by atoms with E-state index >= 15 is 0 Å². The minimum absolute atomic E-state index is 0.128. The first-order valence-electron chi connectivity index (χ1n) is 20.2. The molecule has 0 N–H and O–H groups in total. The Hall–Kier alpha value is -7.20. The molecule has 0 spiro atoms. The van der Waals surface area contributed by atoms with Crippen LogP contribution in [0.3, 0.4) is 0 Å². The molecule has 59 heavy (non-hydrogen) atoms. The van der Waals surface area contributed by atoms with Crippen LogP contribution in [-0.4, -0.2) is 0 Å². The quantitative estimate of drug-likeness (QED) is 0.136. The van der Waals surface area contributed by atoms with Crippen molar-refractivity contribution >= 4 is 86.4 Å². The molecular weight excluding hydrogens is 735 g/mol. The topological polar surface area (TPSA) is 16.4 Å². The van der Waals surface area contributed by atoms with Crippen LogP contribution in [0.2, 0.25) is 0 Å². The molecule has 0 aliphatic heterocycles. The van der Waals surface area contributed by atoms with E-state index in [4.69, 9.17) is 4.42 Å². The Bertz CT molecular complexity index is 3400. The van der Waals surface area contributed by atoms with Crippen LogP contribution >= 0.6 is 11.3 Å². The first-order chi connectivity index (χ1) is 29.2. The van der Waals surface area contributed by atoms with E-state index in [1.165, 1.54) is 53.0 Å². The molecule has 3 heteroatoms. The third-order valence-electron chi connectivity index (χ3n) is 11.8. The van der Waals surface area contributed by atoms with Crippen LogP contribution in [-0.2, 0) is 0 Å². The summed E-state index contributed by atoms with van der Waals surface area (Å²) in [5, 5.41) is 9.64. The van der Waals surface area contributed by atoms with Gasteiger partial charge in [-0.2, -0.15) is 0 Å². The van der Waals surface area contributed by atoms with Crippen LogP contribution in [0.25, 0.3) is 85.9 Å². The highest BCUT2D eigenvalue weighted by Gasteiger charge is 2.20. The lowest BCUT2D eigenvalue weighted by atomic mass is 9.93. The smallest absolute Gasteiger partial charge is 0.143 e. The number of furan rings is 1. The lowest BCUT2D eigenvalue weighted by molar-refractivity contribution is 0.674. The summed E-state index contributed by atoms with van der Waals surface area (Å²) in [7, 11) is 0. The summed E-state index contributed by atoms with van der Waals surface area (Å²) in [5.41, 5.74) is 9.82. The van der Waals surface area contributed by atoms with Crippen LogP contribution in [0, 0.1) is 0 Å². The molecule has 11 rings (SSSR count). The monoisotopic (exact) mass is 773 g/mol. The molecular formula is C56H39NOS. The van der Waals surface area contributed by atoms with Gasteiger partial charge in [-0.1, -0.05) is 170 Å². The van der Waals surface area contributed by atoms with Crippen molar-refractivity contribution in [1.29, 1.82) is 0 Å². The maximum Gasteiger partial charge on any atom is 0.143 e. The normalized spacial score (nSPS) is 12.4. The SMILES string of the molecule is C=CCC(/C=C/N(c1ccc(-c2cccc3c2sc2ccccc23)cc1)c1ccccc1-c1cccc2c1oc1c3ccccc3ccc21)c1ccc2ccccc2c1. The summed E-state index contributed by atoms with van der Waals surface area (Å²) in [5.74, 6) is 0.128. The molecule has 2 heterocycles. The molecule has 0 aliphatic carbocycles. The summed E-state index contributed by atoms with van der Waals surface area (Å²) < 4.78 is 9.52. The van der Waals surface area contributed by atoms with Crippen LogP contribution in [0.15, 0.2) is 217 Å². The molecule has 0 amide bonds. The number of anilines is 2. The maximum absolute atomic E-state index is 6.89. The summed E-state index contributed by atoms with van der Waals surface area (Å²) in [4.78, 5) is 2.34. The number of allylic oxidation sites excluding steroid dienone is 2. The van der Waals surface area contributed by atoms with Crippen molar-refractivity contribution in [3.8, 4) is 22.3 Å². The van der Waals surface area contributed by atoms with Crippen molar-refractivity contribution in [3.63, 3.8) is 0 Å². The van der Waals surface area contributed by atoms with Gasteiger partial charge >= 0.3 is 0 Å². The van der Waals surface area contributed by atoms with Gasteiger partial charge in [-0.15, -0.1) is 17.9 Å². The largest absolute Gasteiger partial charge is 0.455 e. The van der Waals surface area contributed by atoms with Crippen LogP contribution in [0.1, 0.15) is 17.9 Å². The third kappa shape index (κ3) is 6.10. The number of benzene rings is 9. The average molecular weight is 774 g/mol. The number of thiophene rings is 1. The second-order valence-corrected chi connectivity index (χ2v) is 16.3. The molecule has 2 nitrogen and oxygen atoms in total. The summed E-state index contributed by atoms with van der Waals surface area (Å²) >= 11 is 1.87.